The van der Waals surface area contributed by atoms with Crippen LogP contribution in [0.4, 0.5) is 0 Å². The number of aromatic nitrogens is 1. The van der Waals surface area contributed by atoms with Crippen LogP contribution in [0.5, 0.6) is 5.75 Å². The molecule has 0 radical (unpaired) electrons. The van der Waals surface area contributed by atoms with Crippen LogP contribution in [0.1, 0.15) is 18.1 Å². The number of likely N-dealkylation sites (N-methyl/N-ethyl adjacent to an activating group) is 1. The highest BCUT2D eigenvalue weighted by Crippen LogP contribution is 2.27. The number of rotatable bonds is 7. The van der Waals surface area contributed by atoms with Crippen LogP contribution in [-0.4, -0.2) is 59.4 Å². The molecule has 6 heteroatoms. The number of carbonyl (C=O) groups is 2. The highest BCUT2D eigenvalue weighted by atomic mass is 16.5. The number of methoxy groups -OCH3 is 1. The molecule has 0 bridgehead atoms. The maximum atomic E-state index is 13.4. The fourth-order valence-electron chi connectivity index (χ4n) is 4.48. The Morgan fingerprint density at radius 3 is 2.42 bits per heavy atom. The maximum absolute atomic E-state index is 13.4. The highest BCUT2D eigenvalue weighted by molar-refractivity contribution is 5.90. The molecule has 0 aliphatic carbocycles. The lowest BCUT2D eigenvalue weighted by atomic mass is 9.93. The van der Waals surface area contributed by atoms with Crippen molar-refractivity contribution in [2.24, 2.45) is 0 Å². The summed E-state index contributed by atoms with van der Waals surface area (Å²) in [4.78, 5) is 34.5. The van der Waals surface area contributed by atoms with E-state index in [0.717, 1.165) is 22.3 Å². The Morgan fingerprint density at radius 1 is 1.00 bits per heavy atom. The van der Waals surface area contributed by atoms with Crippen molar-refractivity contribution in [2.45, 2.75) is 25.8 Å². The van der Waals surface area contributed by atoms with Crippen LogP contribution in [0, 0.1) is 0 Å². The smallest absolute Gasteiger partial charge is 0.245 e. The molecule has 1 saturated heterocycles. The third-order valence-electron chi connectivity index (χ3n) is 6.24. The topological polar surface area (TPSA) is 62.7 Å². The predicted octanol–water partition coefficient (Wildman–Crippen LogP) is 3.60. The average Bonchev–Trinajstić information content (AvgIpc) is 2.86. The van der Waals surface area contributed by atoms with E-state index in [9.17, 15) is 9.59 Å². The van der Waals surface area contributed by atoms with Crippen LogP contribution in [0.2, 0.25) is 0 Å². The van der Waals surface area contributed by atoms with E-state index in [4.69, 9.17) is 4.74 Å². The van der Waals surface area contributed by atoms with Crippen molar-refractivity contribution in [3.63, 3.8) is 0 Å². The number of pyridine rings is 1. The van der Waals surface area contributed by atoms with Gasteiger partial charge in [0.05, 0.1) is 13.5 Å². The van der Waals surface area contributed by atoms with Crippen molar-refractivity contribution >= 4 is 11.8 Å². The Morgan fingerprint density at radius 2 is 1.70 bits per heavy atom. The quantitative estimate of drug-likeness (QED) is 0.560. The average molecular weight is 444 g/mol. The molecule has 2 amide bonds. The Kier molecular flexibility index (Phi) is 7.03. The van der Waals surface area contributed by atoms with Gasteiger partial charge in [-0.2, -0.15) is 0 Å². The molecule has 2 heterocycles. The van der Waals surface area contributed by atoms with E-state index in [2.05, 4.69) is 11.1 Å². The second kappa shape index (κ2) is 10.3. The molecule has 4 rings (SSSR count). The highest BCUT2D eigenvalue weighted by Gasteiger charge is 2.37. The molecule has 0 unspecified atom stereocenters. The van der Waals surface area contributed by atoms with E-state index in [1.54, 1.807) is 24.4 Å². The van der Waals surface area contributed by atoms with E-state index in [-0.39, 0.29) is 18.2 Å². The minimum atomic E-state index is -0.538. The second-order valence-electron chi connectivity index (χ2n) is 8.11. The molecule has 3 aromatic rings. The third kappa shape index (κ3) is 4.90. The number of hydrogen-bond donors (Lipinski definition) is 0. The van der Waals surface area contributed by atoms with Gasteiger partial charge in [-0.1, -0.05) is 42.5 Å². The Hall–Kier alpha value is -3.67. The summed E-state index contributed by atoms with van der Waals surface area (Å²) in [5.74, 6) is 0.626. The zero-order valence-corrected chi connectivity index (χ0v) is 19.1. The molecule has 6 nitrogen and oxygen atoms in total. The second-order valence-corrected chi connectivity index (χ2v) is 8.11. The minimum absolute atomic E-state index is 0.00154. The summed E-state index contributed by atoms with van der Waals surface area (Å²) in [5, 5.41) is 0. The van der Waals surface area contributed by atoms with E-state index < -0.39 is 6.04 Å². The first kappa shape index (κ1) is 22.5. The lowest BCUT2D eigenvalue weighted by Crippen LogP contribution is -2.59. The van der Waals surface area contributed by atoms with Gasteiger partial charge in [-0.25, -0.2) is 0 Å². The number of ether oxygens (including phenoxy) is 1. The molecule has 1 aromatic heterocycles. The fourth-order valence-corrected chi connectivity index (χ4v) is 4.48. The van der Waals surface area contributed by atoms with Gasteiger partial charge < -0.3 is 14.5 Å². The summed E-state index contributed by atoms with van der Waals surface area (Å²) >= 11 is 0. The molecule has 33 heavy (non-hydrogen) atoms. The van der Waals surface area contributed by atoms with Crippen LogP contribution >= 0.6 is 0 Å². The lowest BCUT2D eigenvalue weighted by Gasteiger charge is -2.40. The first-order valence-corrected chi connectivity index (χ1v) is 11.3. The molecule has 1 fully saturated rings. The molecule has 1 aliphatic heterocycles. The van der Waals surface area contributed by atoms with Gasteiger partial charge in [0.2, 0.25) is 11.8 Å². The maximum Gasteiger partial charge on any atom is 0.245 e. The normalized spacial score (nSPS) is 16.1. The standard InChI is InChI=1S/C27H29N3O3/c1-3-29-16-17-30(26(31)19-22-9-5-7-11-25(22)33-2)24(27(29)32)18-21-8-4-6-10-23(21)20-12-14-28-15-13-20/h4-15,24H,3,16-19H2,1-2H3/t24-/m0/s1. The van der Waals surface area contributed by atoms with Gasteiger partial charge in [-0.3, -0.25) is 14.6 Å². The molecule has 170 valence electrons. The van der Waals surface area contributed by atoms with E-state index >= 15 is 0 Å². The predicted molar refractivity (Wildman–Crippen MR) is 128 cm³/mol. The van der Waals surface area contributed by atoms with Gasteiger partial charge in [-0.15, -0.1) is 0 Å². The van der Waals surface area contributed by atoms with Gasteiger partial charge >= 0.3 is 0 Å². The van der Waals surface area contributed by atoms with Crippen molar-refractivity contribution in [1.29, 1.82) is 0 Å². The molecule has 0 N–H and O–H groups in total. The fraction of sp³-hybridized carbons (Fsp3) is 0.296. The molecule has 0 spiro atoms. The monoisotopic (exact) mass is 443 g/mol. The lowest BCUT2D eigenvalue weighted by molar-refractivity contribution is -0.150. The summed E-state index contributed by atoms with van der Waals surface area (Å²) in [6.45, 7) is 3.69. The molecule has 2 aromatic carbocycles. The van der Waals surface area contributed by atoms with Crippen molar-refractivity contribution in [1.82, 2.24) is 14.8 Å². The Bertz CT molecular complexity index is 1120. The first-order valence-electron chi connectivity index (χ1n) is 11.3. The van der Waals surface area contributed by atoms with Crippen LogP contribution < -0.4 is 4.74 Å². The van der Waals surface area contributed by atoms with Gasteiger partial charge in [0.15, 0.2) is 0 Å². The zero-order chi connectivity index (χ0) is 23.2. The van der Waals surface area contributed by atoms with Crippen molar-refractivity contribution in [3.8, 4) is 16.9 Å². The van der Waals surface area contributed by atoms with Crippen molar-refractivity contribution in [3.05, 3.63) is 84.2 Å². The van der Waals surface area contributed by atoms with Gasteiger partial charge in [0.25, 0.3) is 0 Å². The summed E-state index contributed by atoms with van der Waals surface area (Å²) in [6.07, 6.45) is 4.19. The molecular formula is C27H29N3O3. The summed E-state index contributed by atoms with van der Waals surface area (Å²) in [5.41, 5.74) is 3.96. The van der Waals surface area contributed by atoms with Crippen molar-refractivity contribution < 1.29 is 14.3 Å². The largest absolute Gasteiger partial charge is 0.496 e. The summed E-state index contributed by atoms with van der Waals surface area (Å²) < 4.78 is 5.43. The number of benzene rings is 2. The number of para-hydroxylation sites is 1. The van der Waals surface area contributed by atoms with Crippen LogP contribution in [0.25, 0.3) is 11.1 Å². The van der Waals surface area contributed by atoms with E-state index in [1.165, 1.54) is 0 Å². The third-order valence-corrected chi connectivity index (χ3v) is 6.24. The van der Waals surface area contributed by atoms with Gasteiger partial charge in [-0.05, 0) is 41.8 Å². The molecular weight excluding hydrogens is 414 g/mol. The SMILES string of the molecule is CCN1CCN(C(=O)Cc2ccccc2OC)[C@@H](Cc2ccccc2-c2ccncc2)C1=O. The number of amides is 2. The van der Waals surface area contributed by atoms with Crippen LogP contribution in [0.3, 0.4) is 0 Å². The number of carbonyl (C=O) groups excluding carboxylic acids is 2. The zero-order valence-electron chi connectivity index (χ0n) is 19.1. The Labute approximate surface area is 194 Å². The summed E-state index contributed by atoms with van der Waals surface area (Å²) in [6, 6.07) is 19.0. The minimum Gasteiger partial charge on any atom is -0.496 e. The van der Waals surface area contributed by atoms with Gasteiger partial charge in [0.1, 0.15) is 11.8 Å². The van der Waals surface area contributed by atoms with Crippen LogP contribution in [0.15, 0.2) is 73.1 Å². The van der Waals surface area contributed by atoms with Crippen molar-refractivity contribution in [2.75, 3.05) is 26.7 Å². The van der Waals surface area contributed by atoms with Gasteiger partial charge in [0, 0.05) is 44.0 Å². The number of piperazine rings is 1. The number of nitrogens with zero attached hydrogens (tertiary/aromatic N) is 3. The molecule has 1 aliphatic rings. The molecule has 1 atom stereocenters. The van der Waals surface area contributed by atoms with Crippen LogP contribution in [-0.2, 0) is 22.4 Å². The molecule has 0 saturated carbocycles. The Balaban J connectivity index is 1.64. The van der Waals surface area contributed by atoms with E-state index in [1.807, 2.05) is 66.4 Å². The van der Waals surface area contributed by atoms with E-state index in [0.29, 0.717) is 31.8 Å². The number of hydrogen-bond acceptors (Lipinski definition) is 4. The summed E-state index contributed by atoms with van der Waals surface area (Å²) in [7, 11) is 1.60. The first-order chi connectivity index (χ1) is 16.1.